The predicted octanol–water partition coefficient (Wildman–Crippen LogP) is 6.11. The van der Waals surface area contributed by atoms with Crippen molar-refractivity contribution in [2.45, 2.75) is 26.8 Å². The molecule has 1 aliphatic rings. The summed E-state index contributed by atoms with van der Waals surface area (Å²) in [5, 5.41) is 11.6. The number of thiazole rings is 1. The van der Waals surface area contributed by atoms with Crippen LogP contribution in [0.3, 0.4) is 0 Å². The van der Waals surface area contributed by atoms with Gasteiger partial charge in [-0.05, 0) is 45.0 Å². The maximum absolute atomic E-state index is 13.8. The van der Waals surface area contributed by atoms with E-state index in [0.717, 1.165) is 11.1 Å². The minimum absolute atomic E-state index is 0.00807. The van der Waals surface area contributed by atoms with Crippen molar-refractivity contribution in [2.24, 2.45) is 0 Å². The summed E-state index contributed by atoms with van der Waals surface area (Å²) in [5.41, 5.74) is 3.03. The highest BCUT2D eigenvalue weighted by atomic mass is 32.1. The highest BCUT2D eigenvalue weighted by molar-refractivity contribution is 7.17. The molecule has 2 aromatic carbocycles. The van der Waals surface area contributed by atoms with Crippen LogP contribution in [0.5, 0.6) is 0 Å². The molecular weight excluding hydrogens is 448 g/mol. The van der Waals surface area contributed by atoms with Crippen LogP contribution in [0.2, 0.25) is 0 Å². The van der Waals surface area contributed by atoms with Crippen LogP contribution in [-0.2, 0) is 4.79 Å². The molecule has 0 spiro atoms. The summed E-state index contributed by atoms with van der Waals surface area (Å²) in [5.74, 6) is -0.596. The van der Waals surface area contributed by atoms with E-state index in [-0.39, 0.29) is 5.57 Å². The fourth-order valence-electron chi connectivity index (χ4n) is 4.11. The van der Waals surface area contributed by atoms with E-state index >= 15 is 0 Å². The van der Waals surface area contributed by atoms with Crippen molar-refractivity contribution >= 4 is 28.7 Å². The summed E-state index contributed by atoms with van der Waals surface area (Å²) < 4.78 is 5.86. The maximum Gasteiger partial charge on any atom is 0.294 e. The molecule has 0 saturated heterocycles. The molecule has 1 N–H and O–H groups in total. The number of hydrogen-bond donors (Lipinski definition) is 1. The Labute approximate surface area is 200 Å². The molecule has 0 radical (unpaired) electrons. The third-order valence-corrected chi connectivity index (χ3v) is 7.02. The number of hydrogen-bond acceptors (Lipinski definition) is 6. The molecule has 3 heterocycles. The fraction of sp³-hybridized carbons (Fsp3) is 0.148. The fourth-order valence-corrected chi connectivity index (χ4v) is 5.14. The molecule has 34 heavy (non-hydrogen) atoms. The third-order valence-electron chi connectivity index (χ3n) is 5.82. The number of rotatable bonds is 5. The number of benzene rings is 2. The number of amides is 1. The van der Waals surface area contributed by atoms with Gasteiger partial charge in [0, 0.05) is 11.3 Å². The van der Waals surface area contributed by atoms with Gasteiger partial charge in [-0.15, -0.1) is 11.3 Å². The lowest BCUT2D eigenvalue weighted by atomic mass is 9.99. The Kier molecular flexibility index (Phi) is 5.42. The molecule has 4 aromatic rings. The number of anilines is 1. The Bertz CT molecular complexity index is 1430. The van der Waals surface area contributed by atoms with Gasteiger partial charge in [-0.1, -0.05) is 48.0 Å². The van der Waals surface area contributed by atoms with Crippen molar-refractivity contribution in [3.63, 3.8) is 0 Å². The largest absolute Gasteiger partial charge is 0.503 e. The highest BCUT2D eigenvalue weighted by Crippen LogP contribution is 2.43. The van der Waals surface area contributed by atoms with Gasteiger partial charge in [0.05, 0.1) is 16.1 Å². The number of aryl methyl sites for hydroxylation is 3. The lowest BCUT2D eigenvalue weighted by Crippen LogP contribution is -2.30. The molecule has 1 unspecified atom stereocenters. The number of aliphatic hydroxyl groups is 1. The van der Waals surface area contributed by atoms with Crippen LogP contribution >= 0.6 is 11.3 Å². The van der Waals surface area contributed by atoms with Gasteiger partial charge in [0.15, 0.2) is 5.76 Å². The minimum Gasteiger partial charge on any atom is -0.503 e. The molecule has 0 bridgehead atoms. The molecule has 5 rings (SSSR count). The summed E-state index contributed by atoms with van der Waals surface area (Å²) in [6.45, 7) is 5.50. The van der Waals surface area contributed by atoms with Gasteiger partial charge in [0.1, 0.15) is 22.6 Å². The van der Waals surface area contributed by atoms with E-state index in [2.05, 4.69) is 4.98 Å². The Balaban J connectivity index is 1.62. The van der Waals surface area contributed by atoms with Crippen molar-refractivity contribution in [2.75, 3.05) is 4.90 Å². The predicted molar refractivity (Wildman–Crippen MR) is 131 cm³/mol. The van der Waals surface area contributed by atoms with Gasteiger partial charge in [-0.2, -0.15) is 0 Å². The molecule has 170 valence electrons. The van der Waals surface area contributed by atoms with Crippen LogP contribution in [0.25, 0.3) is 10.6 Å². The molecule has 1 aliphatic heterocycles. The minimum atomic E-state index is -0.891. The molecule has 0 aliphatic carbocycles. The Morgan fingerprint density at radius 3 is 2.35 bits per heavy atom. The van der Waals surface area contributed by atoms with Crippen LogP contribution in [0.4, 0.5) is 5.69 Å². The average molecular weight is 471 g/mol. The number of Topliss-reactive ketones (excluding diaryl/α,β-unsaturated/α-hetero) is 1. The van der Waals surface area contributed by atoms with Crippen molar-refractivity contribution in [1.82, 2.24) is 4.98 Å². The molecule has 1 amide bonds. The molecule has 7 heteroatoms. The van der Waals surface area contributed by atoms with Crippen LogP contribution in [-0.4, -0.2) is 21.8 Å². The second kappa shape index (κ2) is 8.43. The Morgan fingerprint density at radius 1 is 1.00 bits per heavy atom. The first-order chi connectivity index (χ1) is 16.3. The number of nitrogens with zero attached hydrogens (tertiary/aromatic N) is 2. The van der Waals surface area contributed by atoms with Crippen molar-refractivity contribution < 1.29 is 19.1 Å². The highest BCUT2D eigenvalue weighted by Gasteiger charge is 2.46. The van der Waals surface area contributed by atoms with E-state index < -0.39 is 23.5 Å². The van der Waals surface area contributed by atoms with Gasteiger partial charge in [-0.3, -0.25) is 14.5 Å². The average Bonchev–Trinajstić information content (AvgIpc) is 3.51. The second-order valence-electron chi connectivity index (χ2n) is 8.25. The van der Waals surface area contributed by atoms with Gasteiger partial charge in [0.25, 0.3) is 5.91 Å². The van der Waals surface area contributed by atoms with E-state index in [9.17, 15) is 14.7 Å². The first-order valence-corrected chi connectivity index (χ1v) is 11.6. The zero-order valence-corrected chi connectivity index (χ0v) is 19.7. The number of carbonyl (C=O) groups is 2. The van der Waals surface area contributed by atoms with Crippen LogP contribution in [0.1, 0.15) is 38.5 Å². The zero-order valence-electron chi connectivity index (χ0n) is 18.9. The Hall–Kier alpha value is -3.97. The van der Waals surface area contributed by atoms with Crippen LogP contribution < -0.4 is 4.90 Å². The molecule has 2 aromatic heterocycles. The van der Waals surface area contributed by atoms with Gasteiger partial charge >= 0.3 is 0 Å². The van der Waals surface area contributed by atoms with E-state index in [4.69, 9.17) is 4.42 Å². The van der Waals surface area contributed by atoms with E-state index in [1.165, 1.54) is 16.2 Å². The lowest BCUT2D eigenvalue weighted by Gasteiger charge is -2.25. The molecule has 0 saturated carbocycles. The SMILES string of the molecule is Cc1ccc(N2C(=O)C(O)=C(C(=O)c3sc(-c4ccccc4)nc3C)C2c2ccc(C)o2)cc1. The number of ketones is 1. The monoisotopic (exact) mass is 470 g/mol. The molecular formula is C27H22N2O4S. The summed E-state index contributed by atoms with van der Waals surface area (Å²) in [6, 6.07) is 19.5. The normalized spacial score (nSPS) is 15.9. The summed E-state index contributed by atoms with van der Waals surface area (Å²) in [7, 11) is 0. The van der Waals surface area contributed by atoms with Gasteiger partial charge in [-0.25, -0.2) is 4.98 Å². The van der Waals surface area contributed by atoms with Gasteiger partial charge < -0.3 is 9.52 Å². The third kappa shape index (κ3) is 3.64. The maximum atomic E-state index is 13.8. The van der Waals surface area contributed by atoms with Crippen LogP contribution in [0, 0.1) is 20.8 Å². The topological polar surface area (TPSA) is 83.6 Å². The number of furan rings is 1. The summed E-state index contributed by atoms with van der Waals surface area (Å²) in [4.78, 5) is 33.4. The molecule has 1 atom stereocenters. The standard InChI is InChI=1S/C27H22N2O4S/c1-15-9-12-19(13-10-15)29-22(20-14-11-16(2)33-20)21(24(31)27(29)32)23(30)25-17(3)28-26(34-25)18-7-5-4-6-8-18/h4-14,22,31H,1-3H3. The zero-order chi connectivity index (χ0) is 24.0. The summed E-state index contributed by atoms with van der Waals surface area (Å²) in [6.07, 6.45) is 0. The summed E-state index contributed by atoms with van der Waals surface area (Å²) >= 11 is 1.25. The van der Waals surface area contributed by atoms with Crippen molar-refractivity contribution in [1.29, 1.82) is 0 Å². The Morgan fingerprint density at radius 2 is 1.71 bits per heavy atom. The molecule has 0 fully saturated rings. The lowest BCUT2D eigenvalue weighted by molar-refractivity contribution is -0.117. The number of carbonyl (C=O) groups excluding carboxylic acids is 2. The smallest absolute Gasteiger partial charge is 0.294 e. The number of aromatic nitrogens is 1. The van der Waals surface area contributed by atoms with Gasteiger partial charge in [0.2, 0.25) is 5.78 Å². The van der Waals surface area contributed by atoms with E-state index in [1.807, 2.05) is 49.4 Å². The van der Waals surface area contributed by atoms with E-state index in [0.29, 0.717) is 32.8 Å². The first-order valence-electron chi connectivity index (χ1n) is 10.8. The second-order valence-corrected chi connectivity index (χ2v) is 9.25. The van der Waals surface area contributed by atoms with Crippen molar-refractivity contribution in [3.05, 3.63) is 106 Å². The molecule has 6 nitrogen and oxygen atoms in total. The first kappa shape index (κ1) is 21.9. The number of aliphatic hydroxyl groups excluding tert-OH is 1. The van der Waals surface area contributed by atoms with E-state index in [1.54, 1.807) is 38.1 Å². The quantitative estimate of drug-likeness (QED) is 0.356. The van der Waals surface area contributed by atoms with Crippen LogP contribution in [0.15, 0.2) is 82.5 Å². The van der Waals surface area contributed by atoms with Crippen molar-refractivity contribution in [3.8, 4) is 10.6 Å².